The summed E-state index contributed by atoms with van der Waals surface area (Å²) >= 11 is 8.42. The Morgan fingerprint density at radius 1 is 1.20 bits per heavy atom. The number of para-hydroxylation sites is 1. The molecule has 2 heterocycles. The molecule has 20 heavy (non-hydrogen) atoms. The topological polar surface area (TPSA) is 30.0 Å². The van der Waals surface area contributed by atoms with Crippen LogP contribution in [0.5, 0.6) is 0 Å². The third-order valence-corrected chi connectivity index (χ3v) is 5.20. The molecule has 5 heteroatoms. The van der Waals surface area contributed by atoms with Crippen LogP contribution in [-0.2, 0) is 6.42 Å². The van der Waals surface area contributed by atoms with E-state index in [1.807, 2.05) is 41.8 Å². The van der Waals surface area contributed by atoms with E-state index >= 15 is 0 Å². The first kappa shape index (κ1) is 13.9. The summed E-state index contributed by atoms with van der Waals surface area (Å²) in [6, 6.07) is 11.7. The number of hydrogen-bond acceptors (Lipinski definition) is 3. The Morgan fingerprint density at radius 3 is 2.75 bits per heavy atom. The van der Waals surface area contributed by atoms with Gasteiger partial charge in [-0.2, -0.15) is 0 Å². The van der Waals surface area contributed by atoms with Gasteiger partial charge in [-0.25, -0.2) is 4.98 Å². The molecule has 0 radical (unpaired) electrons. The summed E-state index contributed by atoms with van der Waals surface area (Å²) in [7, 11) is 0. The van der Waals surface area contributed by atoms with Gasteiger partial charge < -0.3 is 0 Å². The van der Waals surface area contributed by atoms with Crippen molar-refractivity contribution in [1.82, 2.24) is 4.98 Å². The zero-order chi connectivity index (χ0) is 14.1. The van der Waals surface area contributed by atoms with Crippen LogP contribution in [0.15, 0.2) is 50.7 Å². The first-order valence-corrected chi connectivity index (χ1v) is 8.41. The van der Waals surface area contributed by atoms with E-state index in [9.17, 15) is 4.79 Å². The number of carbonyl (C=O) groups is 1. The SMILES string of the molecule is O=C(Cc1cc(Br)cs1)c1nc2ccccc2cc1Br. The highest BCUT2D eigenvalue weighted by Gasteiger charge is 2.14. The lowest BCUT2D eigenvalue weighted by atomic mass is 10.1. The highest BCUT2D eigenvalue weighted by Crippen LogP contribution is 2.25. The lowest BCUT2D eigenvalue weighted by molar-refractivity contribution is 0.0988. The summed E-state index contributed by atoms with van der Waals surface area (Å²) in [4.78, 5) is 17.9. The number of hydrogen-bond donors (Lipinski definition) is 0. The van der Waals surface area contributed by atoms with Gasteiger partial charge in [0.1, 0.15) is 5.69 Å². The van der Waals surface area contributed by atoms with E-state index in [4.69, 9.17) is 0 Å². The lowest BCUT2D eigenvalue weighted by Crippen LogP contribution is -2.06. The van der Waals surface area contributed by atoms with Gasteiger partial charge in [-0.3, -0.25) is 4.79 Å². The van der Waals surface area contributed by atoms with Crippen LogP contribution in [0.1, 0.15) is 15.4 Å². The second kappa shape index (κ2) is 5.76. The van der Waals surface area contributed by atoms with Crippen LogP contribution in [0.2, 0.25) is 0 Å². The fourth-order valence-electron chi connectivity index (χ4n) is 1.97. The monoisotopic (exact) mass is 409 g/mol. The maximum absolute atomic E-state index is 12.4. The molecule has 3 aromatic rings. The Labute approximate surface area is 137 Å². The number of carbonyl (C=O) groups excluding carboxylic acids is 1. The summed E-state index contributed by atoms with van der Waals surface area (Å²) < 4.78 is 1.76. The smallest absolute Gasteiger partial charge is 0.187 e. The number of rotatable bonds is 3. The fraction of sp³-hybridized carbons (Fsp3) is 0.0667. The Balaban J connectivity index is 1.96. The van der Waals surface area contributed by atoms with Crippen LogP contribution in [0.25, 0.3) is 10.9 Å². The third kappa shape index (κ3) is 2.85. The molecule has 0 spiro atoms. The van der Waals surface area contributed by atoms with Gasteiger partial charge in [0, 0.05) is 31.0 Å². The Kier molecular flexibility index (Phi) is 4.01. The number of thiophene rings is 1. The van der Waals surface area contributed by atoms with Crippen molar-refractivity contribution >= 4 is 59.9 Å². The number of nitrogens with zero attached hydrogens (tertiary/aromatic N) is 1. The number of halogens is 2. The highest BCUT2D eigenvalue weighted by molar-refractivity contribution is 9.10. The van der Waals surface area contributed by atoms with Gasteiger partial charge in [0.15, 0.2) is 5.78 Å². The van der Waals surface area contributed by atoms with E-state index in [0.29, 0.717) is 12.1 Å². The minimum atomic E-state index is 0.0250. The van der Waals surface area contributed by atoms with Crippen molar-refractivity contribution in [2.75, 3.05) is 0 Å². The molecule has 0 unspecified atom stereocenters. The van der Waals surface area contributed by atoms with E-state index in [-0.39, 0.29) is 5.78 Å². The number of pyridine rings is 1. The summed E-state index contributed by atoms with van der Waals surface area (Å²) in [5.74, 6) is 0.0250. The van der Waals surface area contributed by atoms with Gasteiger partial charge in [0.05, 0.1) is 5.52 Å². The van der Waals surface area contributed by atoms with Gasteiger partial charge in [-0.05, 0) is 50.1 Å². The molecule has 0 aliphatic carbocycles. The molecule has 0 amide bonds. The third-order valence-electron chi connectivity index (χ3n) is 2.90. The van der Waals surface area contributed by atoms with Gasteiger partial charge in [0.2, 0.25) is 0 Å². The number of ketones is 1. The fourth-order valence-corrected chi connectivity index (χ4v) is 3.98. The van der Waals surface area contributed by atoms with E-state index in [1.54, 1.807) is 11.3 Å². The summed E-state index contributed by atoms with van der Waals surface area (Å²) in [6.07, 6.45) is 0.375. The van der Waals surface area contributed by atoms with Crippen LogP contribution in [0.3, 0.4) is 0 Å². The lowest BCUT2D eigenvalue weighted by Gasteiger charge is -2.04. The molecule has 3 rings (SSSR count). The second-order valence-corrected chi connectivity index (χ2v) is 7.11. The van der Waals surface area contributed by atoms with E-state index in [1.165, 1.54) is 0 Å². The first-order valence-electron chi connectivity index (χ1n) is 5.95. The van der Waals surface area contributed by atoms with Gasteiger partial charge in [0.25, 0.3) is 0 Å². The molecular formula is C15H9Br2NOS. The molecule has 0 aliphatic heterocycles. The van der Waals surface area contributed by atoms with Crippen molar-refractivity contribution in [2.45, 2.75) is 6.42 Å². The maximum atomic E-state index is 12.4. The van der Waals surface area contributed by atoms with E-state index < -0.39 is 0 Å². The Bertz CT molecular complexity index is 797. The second-order valence-electron chi connectivity index (χ2n) is 4.34. The van der Waals surface area contributed by atoms with Crippen molar-refractivity contribution in [2.24, 2.45) is 0 Å². The maximum Gasteiger partial charge on any atom is 0.187 e. The molecular weight excluding hydrogens is 402 g/mol. The number of Topliss-reactive ketones (excluding diaryl/α,β-unsaturated/α-hetero) is 1. The molecule has 0 saturated heterocycles. The Hall–Kier alpha value is -1.04. The van der Waals surface area contributed by atoms with Gasteiger partial charge in [-0.1, -0.05) is 18.2 Å². The van der Waals surface area contributed by atoms with E-state index in [0.717, 1.165) is 24.7 Å². The van der Waals surface area contributed by atoms with E-state index in [2.05, 4.69) is 36.8 Å². The van der Waals surface area contributed by atoms with Crippen LogP contribution >= 0.6 is 43.2 Å². The van der Waals surface area contributed by atoms with Crippen molar-refractivity contribution in [3.8, 4) is 0 Å². The predicted molar refractivity (Wildman–Crippen MR) is 89.5 cm³/mol. The molecule has 0 bridgehead atoms. The minimum absolute atomic E-state index is 0.0250. The Morgan fingerprint density at radius 2 is 2.00 bits per heavy atom. The largest absolute Gasteiger partial charge is 0.292 e. The van der Waals surface area contributed by atoms with Crippen molar-refractivity contribution in [3.05, 3.63) is 61.3 Å². The summed E-state index contributed by atoms with van der Waals surface area (Å²) in [5, 5.41) is 3.00. The number of aromatic nitrogens is 1. The average molecular weight is 411 g/mol. The molecule has 0 N–H and O–H groups in total. The van der Waals surface area contributed by atoms with Crippen LogP contribution in [0.4, 0.5) is 0 Å². The highest BCUT2D eigenvalue weighted by atomic mass is 79.9. The molecule has 0 fully saturated rings. The molecule has 0 saturated carbocycles. The molecule has 100 valence electrons. The average Bonchev–Trinajstić information content (AvgIpc) is 2.83. The van der Waals surface area contributed by atoms with Crippen molar-refractivity contribution in [1.29, 1.82) is 0 Å². The molecule has 1 aromatic carbocycles. The van der Waals surface area contributed by atoms with Crippen molar-refractivity contribution in [3.63, 3.8) is 0 Å². The normalized spacial score (nSPS) is 10.9. The van der Waals surface area contributed by atoms with Crippen molar-refractivity contribution < 1.29 is 4.79 Å². The standard InChI is InChI=1S/C15H9Br2NOS/c16-10-6-11(20-8-10)7-14(19)15-12(17)5-9-3-1-2-4-13(9)18-15/h1-6,8H,7H2. The van der Waals surface area contributed by atoms with Crippen LogP contribution in [-0.4, -0.2) is 10.8 Å². The summed E-state index contributed by atoms with van der Waals surface area (Å²) in [6.45, 7) is 0. The van der Waals surface area contributed by atoms with Crippen LogP contribution < -0.4 is 0 Å². The molecule has 2 aromatic heterocycles. The molecule has 2 nitrogen and oxygen atoms in total. The number of fused-ring (bicyclic) bond motifs is 1. The number of benzene rings is 1. The minimum Gasteiger partial charge on any atom is -0.292 e. The first-order chi connectivity index (χ1) is 9.63. The predicted octanol–water partition coefficient (Wildman–Crippen LogP) is 5.25. The van der Waals surface area contributed by atoms with Crippen LogP contribution in [0, 0.1) is 0 Å². The van der Waals surface area contributed by atoms with Gasteiger partial charge in [-0.15, -0.1) is 11.3 Å². The quantitative estimate of drug-likeness (QED) is 0.552. The van der Waals surface area contributed by atoms with Gasteiger partial charge >= 0.3 is 0 Å². The summed E-state index contributed by atoms with van der Waals surface area (Å²) in [5.41, 5.74) is 1.33. The zero-order valence-corrected chi connectivity index (χ0v) is 14.3. The molecule has 0 atom stereocenters. The molecule has 0 aliphatic rings. The zero-order valence-electron chi connectivity index (χ0n) is 10.3.